The Kier molecular flexibility index (Phi) is 5.33. The summed E-state index contributed by atoms with van der Waals surface area (Å²) < 4.78 is 13.0. The van der Waals surface area contributed by atoms with E-state index < -0.39 is 0 Å². The molecule has 1 aromatic rings. The molecule has 0 saturated carbocycles. The molecule has 0 spiro atoms. The van der Waals surface area contributed by atoms with Crippen molar-refractivity contribution in [1.29, 1.82) is 0 Å². The summed E-state index contributed by atoms with van der Waals surface area (Å²) in [7, 11) is 0. The molecule has 0 aliphatic carbocycles. The maximum atomic E-state index is 13.0. The normalized spacial score (nSPS) is 19.1. The van der Waals surface area contributed by atoms with Crippen LogP contribution in [0, 0.1) is 5.82 Å². The molecule has 0 N–H and O–H groups in total. The number of nitrogens with zero attached hydrogens (tertiary/aromatic N) is 3. The number of anilines is 1. The first-order valence-electron chi connectivity index (χ1n) is 8.74. The number of benzene rings is 1. The highest BCUT2D eigenvalue weighted by Crippen LogP contribution is 2.17. The lowest BCUT2D eigenvalue weighted by Crippen LogP contribution is -2.53. The van der Waals surface area contributed by atoms with Gasteiger partial charge in [0.25, 0.3) is 0 Å². The second-order valence-electron chi connectivity index (χ2n) is 6.46. The highest BCUT2D eigenvalue weighted by atomic mass is 19.1. The first-order valence-corrected chi connectivity index (χ1v) is 8.74. The van der Waals surface area contributed by atoms with Crippen molar-refractivity contribution < 1.29 is 14.0 Å². The van der Waals surface area contributed by atoms with Gasteiger partial charge in [-0.1, -0.05) is 12.8 Å². The van der Waals surface area contributed by atoms with E-state index >= 15 is 0 Å². The van der Waals surface area contributed by atoms with E-state index in [1.54, 1.807) is 21.9 Å². The molecule has 1 aromatic carbocycles. The molecule has 0 aromatic heterocycles. The third-order valence-corrected chi connectivity index (χ3v) is 4.83. The molecule has 5 nitrogen and oxygen atoms in total. The maximum Gasteiger partial charge on any atom is 0.312 e. The number of halogens is 1. The third-order valence-electron chi connectivity index (χ3n) is 4.83. The zero-order valence-electron chi connectivity index (χ0n) is 13.9. The summed E-state index contributed by atoms with van der Waals surface area (Å²) in [5, 5.41) is 0. The van der Waals surface area contributed by atoms with Crippen LogP contribution >= 0.6 is 0 Å². The Morgan fingerprint density at radius 2 is 1.21 bits per heavy atom. The summed E-state index contributed by atoms with van der Waals surface area (Å²) in [6.07, 6.45) is 4.23. The lowest BCUT2D eigenvalue weighted by Gasteiger charge is -2.36. The molecule has 2 amide bonds. The fourth-order valence-electron chi connectivity index (χ4n) is 3.36. The Bertz CT molecular complexity index is 574. The highest BCUT2D eigenvalue weighted by Gasteiger charge is 2.29. The van der Waals surface area contributed by atoms with Gasteiger partial charge in [-0.05, 0) is 37.1 Å². The Morgan fingerprint density at radius 1 is 0.708 bits per heavy atom. The predicted octanol–water partition coefficient (Wildman–Crippen LogP) is 1.88. The van der Waals surface area contributed by atoms with Crippen molar-refractivity contribution in [3.63, 3.8) is 0 Å². The van der Waals surface area contributed by atoms with Gasteiger partial charge in [0.05, 0.1) is 0 Å². The minimum Gasteiger partial charge on any atom is -0.368 e. The molecule has 2 heterocycles. The smallest absolute Gasteiger partial charge is 0.312 e. The van der Waals surface area contributed by atoms with Gasteiger partial charge >= 0.3 is 11.8 Å². The fourth-order valence-corrected chi connectivity index (χ4v) is 3.36. The summed E-state index contributed by atoms with van der Waals surface area (Å²) in [6, 6.07) is 6.37. The van der Waals surface area contributed by atoms with Crippen LogP contribution in [-0.4, -0.2) is 60.9 Å². The standard InChI is InChI=1S/C18H24FN3O2/c19-15-5-7-16(8-6-15)20-11-13-22(14-12-20)18(24)17(23)21-9-3-1-2-4-10-21/h5-8H,1-4,9-14H2. The highest BCUT2D eigenvalue weighted by molar-refractivity contribution is 6.34. The van der Waals surface area contributed by atoms with Crippen LogP contribution in [0.4, 0.5) is 10.1 Å². The van der Waals surface area contributed by atoms with Crippen molar-refractivity contribution in [3.8, 4) is 0 Å². The van der Waals surface area contributed by atoms with Gasteiger partial charge in [0.1, 0.15) is 5.82 Å². The topological polar surface area (TPSA) is 43.9 Å². The van der Waals surface area contributed by atoms with Gasteiger partial charge in [-0.2, -0.15) is 0 Å². The number of hydrogen-bond acceptors (Lipinski definition) is 3. The van der Waals surface area contributed by atoms with Gasteiger partial charge in [0, 0.05) is 45.0 Å². The van der Waals surface area contributed by atoms with Gasteiger partial charge in [-0.15, -0.1) is 0 Å². The maximum absolute atomic E-state index is 13.0. The first kappa shape index (κ1) is 16.7. The average molecular weight is 333 g/mol. The van der Waals surface area contributed by atoms with Crippen molar-refractivity contribution >= 4 is 17.5 Å². The van der Waals surface area contributed by atoms with E-state index in [0.29, 0.717) is 39.3 Å². The quantitative estimate of drug-likeness (QED) is 0.737. The zero-order valence-corrected chi connectivity index (χ0v) is 13.9. The Morgan fingerprint density at radius 3 is 1.75 bits per heavy atom. The molecule has 2 fully saturated rings. The number of carbonyl (C=O) groups is 2. The lowest BCUT2D eigenvalue weighted by atomic mass is 10.2. The van der Waals surface area contributed by atoms with E-state index in [-0.39, 0.29) is 17.6 Å². The monoisotopic (exact) mass is 333 g/mol. The molecule has 3 rings (SSSR count). The second-order valence-corrected chi connectivity index (χ2v) is 6.46. The minimum atomic E-state index is -0.379. The van der Waals surface area contributed by atoms with Gasteiger partial charge < -0.3 is 14.7 Å². The SMILES string of the molecule is O=C(C(=O)N1CCN(c2ccc(F)cc2)CC1)N1CCCCCC1. The van der Waals surface area contributed by atoms with Crippen molar-refractivity contribution in [2.75, 3.05) is 44.2 Å². The molecular formula is C18H24FN3O2. The molecule has 130 valence electrons. The van der Waals surface area contributed by atoms with Gasteiger partial charge in [-0.25, -0.2) is 4.39 Å². The van der Waals surface area contributed by atoms with Crippen molar-refractivity contribution in [2.45, 2.75) is 25.7 Å². The summed E-state index contributed by atoms with van der Waals surface area (Å²) in [5.41, 5.74) is 0.947. The molecule has 2 saturated heterocycles. The van der Waals surface area contributed by atoms with Crippen LogP contribution in [0.3, 0.4) is 0 Å². The molecule has 0 bridgehead atoms. The number of piperazine rings is 1. The third kappa shape index (κ3) is 3.86. The Hall–Kier alpha value is -2.11. The van der Waals surface area contributed by atoms with Gasteiger partial charge in [-0.3, -0.25) is 9.59 Å². The molecule has 0 radical (unpaired) electrons. The lowest BCUT2D eigenvalue weighted by molar-refractivity contribution is -0.152. The van der Waals surface area contributed by atoms with Crippen LogP contribution < -0.4 is 4.90 Å². The predicted molar refractivity (Wildman–Crippen MR) is 90.2 cm³/mol. The van der Waals surface area contributed by atoms with E-state index in [1.165, 1.54) is 12.1 Å². The van der Waals surface area contributed by atoms with E-state index in [9.17, 15) is 14.0 Å². The van der Waals surface area contributed by atoms with Crippen molar-refractivity contribution in [1.82, 2.24) is 9.80 Å². The molecule has 2 aliphatic heterocycles. The van der Waals surface area contributed by atoms with Crippen molar-refractivity contribution in [3.05, 3.63) is 30.1 Å². The molecule has 2 aliphatic rings. The van der Waals surface area contributed by atoms with E-state index in [1.807, 2.05) is 0 Å². The molecular weight excluding hydrogens is 309 g/mol. The zero-order chi connectivity index (χ0) is 16.9. The van der Waals surface area contributed by atoms with Gasteiger partial charge in [0.15, 0.2) is 0 Å². The van der Waals surface area contributed by atoms with E-state index in [4.69, 9.17) is 0 Å². The first-order chi connectivity index (χ1) is 11.6. The number of rotatable bonds is 1. The van der Waals surface area contributed by atoms with Crippen molar-refractivity contribution in [2.24, 2.45) is 0 Å². The second kappa shape index (κ2) is 7.64. The molecule has 0 unspecified atom stereocenters. The van der Waals surface area contributed by atoms with E-state index in [2.05, 4.69) is 4.90 Å². The number of likely N-dealkylation sites (tertiary alicyclic amines) is 1. The minimum absolute atomic E-state index is 0.254. The average Bonchev–Trinajstić information content (AvgIpc) is 2.91. The van der Waals surface area contributed by atoms with Crippen LogP contribution in [0.15, 0.2) is 24.3 Å². The summed E-state index contributed by atoms with van der Waals surface area (Å²) >= 11 is 0. The number of amides is 2. The largest absolute Gasteiger partial charge is 0.368 e. The summed E-state index contributed by atoms with van der Waals surface area (Å²) in [4.78, 5) is 30.3. The summed E-state index contributed by atoms with van der Waals surface area (Å²) in [6.45, 7) is 3.75. The van der Waals surface area contributed by atoms with Gasteiger partial charge in [0.2, 0.25) is 0 Å². The van der Waals surface area contributed by atoms with Crippen LogP contribution in [0.25, 0.3) is 0 Å². The summed E-state index contributed by atoms with van der Waals surface area (Å²) in [5.74, 6) is -0.988. The molecule has 24 heavy (non-hydrogen) atoms. The van der Waals surface area contributed by atoms with Crippen LogP contribution in [-0.2, 0) is 9.59 Å². The molecule has 0 atom stereocenters. The fraction of sp³-hybridized carbons (Fsp3) is 0.556. The van der Waals surface area contributed by atoms with Crippen LogP contribution in [0.1, 0.15) is 25.7 Å². The Labute approximate surface area is 142 Å². The van der Waals surface area contributed by atoms with Crippen LogP contribution in [0.2, 0.25) is 0 Å². The molecule has 6 heteroatoms. The van der Waals surface area contributed by atoms with Crippen LogP contribution in [0.5, 0.6) is 0 Å². The number of carbonyl (C=O) groups excluding carboxylic acids is 2. The number of hydrogen-bond donors (Lipinski definition) is 0. The Balaban J connectivity index is 1.54. The van der Waals surface area contributed by atoms with E-state index in [0.717, 1.165) is 31.4 Å².